The van der Waals surface area contributed by atoms with E-state index in [9.17, 15) is 9.18 Å². The summed E-state index contributed by atoms with van der Waals surface area (Å²) < 4.78 is 13.2. The van der Waals surface area contributed by atoms with Crippen molar-refractivity contribution in [2.24, 2.45) is 0 Å². The first-order chi connectivity index (χ1) is 10.1. The number of benzene rings is 2. The van der Waals surface area contributed by atoms with E-state index in [1.807, 2.05) is 24.3 Å². The summed E-state index contributed by atoms with van der Waals surface area (Å²) in [5.41, 5.74) is 2.08. The quantitative estimate of drug-likeness (QED) is 0.798. The predicted octanol–water partition coefficient (Wildman–Crippen LogP) is 3.92. The second-order valence-corrected chi connectivity index (χ2v) is 5.65. The van der Waals surface area contributed by atoms with Gasteiger partial charge in [0.1, 0.15) is 5.82 Å². The third-order valence-corrected chi connectivity index (χ3v) is 4.08. The fraction of sp³-hybridized carbons (Fsp3) is 0.235. The Hall–Kier alpha value is -1.71. The van der Waals surface area contributed by atoms with E-state index < -0.39 is 5.82 Å². The molecule has 0 bridgehead atoms. The number of hydrogen-bond acceptors (Lipinski definition) is 2. The first kappa shape index (κ1) is 14.2. The molecule has 1 aliphatic heterocycles. The molecule has 0 radical (unpaired) electrons. The third kappa shape index (κ3) is 2.99. The minimum Gasteiger partial charge on any atom is -0.299 e. The van der Waals surface area contributed by atoms with Gasteiger partial charge in [0.05, 0.1) is 5.02 Å². The summed E-state index contributed by atoms with van der Waals surface area (Å²) in [5.74, 6) is -0.630. The number of carbonyl (C=O) groups excluding carboxylic acids is 1. The van der Waals surface area contributed by atoms with Crippen LogP contribution in [0, 0.1) is 5.82 Å². The molecule has 108 valence electrons. The highest BCUT2D eigenvalue weighted by atomic mass is 35.5. The lowest BCUT2D eigenvalue weighted by atomic mass is 9.97. The highest BCUT2D eigenvalue weighted by molar-refractivity contribution is 6.31. The molecule has 1 heterocycles. The SMILES string of the molecule is O=C(c1ccc(F)c(Cl)c1)c1ccccc1CN1CCC1. The van der Waals surface area contributed by atoms with Crippen LogP contribution in [-0.4, -0.2) is 23.8 Å². The molecule has 3 rings (SSSR count). The zero-order valence-electron chi connectivity index (χ0n) is 11.5. The molecule has 0 saturated carbocycles. The standard InChI is InChI=1S/C17H15ClFNO/c18-15-10-12(6-7-16(15)19)17(21)14-5-2-1-4-13(14)11-20-8-3-9-20/h1-2,4-7,10H,3,8-9,11H2. The first-order valence-corrected chi connectivity index (χ1v) is 7.33. The number of carbonyl (C=O) groups is 1. The Morgan fingerprint density at radius 3 is 2.62 bits per heavy atom. The predicted molar refractivity (Wildman–Crippen MR) is 81.2 cm³/mol. The summed E-state index contributed by atoms with van der Waals surface area (Å²) in [4.78, 5) is 14.9. The molecule has 1 aliphatic rings. The number of nitrogens with zero attached hydrogens (tertiary/aromatic N) is 1. The molecular weight excluding hydrogens is 289 g/mol. The summed E-state index contributed by atoms with van der Waals surface area (Å²) in [5, 5.41) is -0.0268. The van der Waals surface area contributed by atoms with Gasteiger partial charge in [0.2, 0.25) is 0 Å². The third-order valence-electron chi connectivity index (χ3n) is 3.79. The molecule has 1 fully saturated rings. The van der Waals surface area contributed by atoms with E-state index in [1.54, 1.807) is 0 Å². The Bertz CT molecular complexity index is 682. The molecule has 0 aliphatic carbocycles. The first-order valence-electron chi connectivity index (χ1n) is 6.95. The van der Waals surface area contributed by atoms with Gasteiger partial charge in [-0.05, 0) is 43.3 Å². The Morgan fingerprint density at radius 1 is 1.19 bits per heavy atom. The van der Waals surface area contributed by atoms with Gasteiger partial charge in [-0.15, -0.1) is 0 Å². The van der Waals surface area contributed by atoms with E-state index in [4.69, 9.17) is 11.6 Å². The fourth-order valence-electron chi connectivity index (χ4n) is 2.45. The van der Waals surface area contributed by atoms with Gasteiger partial charge in [0.25, 0.3) is 0 Å². The average Bonchev–Trinajstić information content (AvgIpc) is 2.45. The Labute approximate surface area is 128 Å². The molecular formula is C17H15ClFNO. The zero-order valence-corrected chi connectivity index (χ0v) is 12.2. The van der Waals surface area contributed by atoms with Crippen LogP contribution in [0.15, 0.2) is 42.5 Å². The maximum atomic E-state index is 13.2. The van der Waals surface area contributed by atoms with E-state index >= 15 is 0 Å². The molecule has 2 aromatic rings. The smallest absolute Gasteiger partial charge is 0.193 e. The van der Waals surface area contributed by atoms with Crippen LogP contribution in [0.4, 0.5) is 4.39 Å². The van der Waals surface area contributed by atoms with Crippen LogP contribution in [0.1, 0.15) is 27.9 Å². The second kappa shape index (κ2) is 5.96. The molecule has 0 N–H and O–H groups in total. The number of rotatable bonds is 4. The minimum absolute atomic E-state index is 0.0268. The lowest BCUT2D eigenvalue weighted by Gasteiger charge is -2.31. The molecule has 0 unspecified atom stereocenters. The van der Waals surface area contributed by atoms with Crippen LogP contribution in [0.5, 0.6) is 0 Å². The summed E-state index contributed by atoms with van der Waals surface area (Å²) in [6.45, 7) is 2.92. The molecule has 21 heavy (non-hydrogen) atoms. The molecule has 2 aromatic carbocycles. The van der Waals surface area contributed by atoms with Crippen molar-refractivity contribution in [2.75, 3.05) is 13.1 Å². The lowest BCUT2D eigenvalue weighted by Crippen LogP contribution is -2.36. The average molecular weight is 304 g/mol. The van der Waals surface area contributed by atoms with Gasteiger partial charge in [-0.25, -0.2) is 4.39 Å². The monoisotopic (exact) mass is 303 g/mol. The van der Waals surface area contributed by atoms with Crippen LogP contribution < -0.4 is 0 Å². The van der Waals surface area contributed by atoms with E-state index in [0.29, 0.717) is 11.1 Å². The zero-order chi connectivity index (χ0) is 14.8. The summed E-state index contributed by atoms with van der Waals surface area (Å²) in [6.07, 6.45) is 1.21. The highest BCUT2D eigenvalue weighted by Crippen LogP contribution is 2.22. The van der Waals surface area contributed by atoms with E-state index in [2.05, 4.69) is 4.90 Å². The molecule has 1 saturated heterocycles. The summed E-state index contributed by atoms with van der Waals surface area (Å²) >= 11 is 5.77. The molecule has 0 amide bonds. The van der Waals surface area contributed by atoms with Crippen molar-refractivity contribution >= 4 is 17.4 Å². The molecule has 4 heteroatoms. The van der Waals surface area contributed by atoms with Crippen molar-refractivity contribution in [2.45, 2.75) is 13.0 Å². The van der Waals surface area contributed by atoms with Crippen molar-refractivity contribution < 1.29 is 9.18 Å². The van der Waals surface area contributed by atoms with Crippen LogP contribution >= 0.6 is 11.6 Å². The molecule has 0 spiro atoms. The highest BCUT2D eigenvalue weighted by Gasteiger charge is 2.19. The van der Waals surface area contributed by atoms with E-state index in [-0.39, 0.29) is 10.8 Å². The lowest BCUT2D eigenvalue weighted by molar-refractivity contribution is 0.103. The fourth-order valence-corrected chi connectivity index (χ4v) is 2.63. The van der Waals surface area contributed by atoms with Crippen molar-refractivity contribution in [1.29, 1.82) is 0 Å². The summed E-state index contributed by atoms with van der Waals surface area (Å²) in [7, 11) is 0. The molecule has 0 atom stereocenters. The van der Waals surface area contributed by atoms with Gasteiger partial charge in [-0.1, -0.05) is 35.9 Å². The summed E-state index contributed by atoms with van der Waals surface area (Å²) in [6, 6.07) is 11.7. The van der Waals surface area contributed by atoms with Gasteiger partial charge in [-0.2, -0.15) is 0 Å². The number of likely N-dealkylation sites (tertiary alicyclic amines) is 1. The van der Waals surface area contributed by atoms with Crippen molar-refractivity contribution in [1.82, 2.24) is 4.90 Å². The maximum Gasteiger partial charge on any atom is 0.193 e. The second-order valence-electron chi connectivity index (χ2n) is 5.24. The van der Waals surface area contributed by atoms with Crippen molar-refractivity contribution in [3.05, 3.63) is 70.0 Å². The number of ketones is 1. The Morgan fingerprint density at radius 2 is 1.95 bits per heavy atom. The molecule has 0 aromatic heterocycles. The van der Waals surface area contributed by atoms with Crippen LogP contribution in [0.2, 0.25) is 5.02 Å². The normalized spacial score (nSPS) is 14.8. The van der Waals surface area contributed by atoms with Gasteiger partial charge < -0.3 is 0 Å². The topological polar surface area (TPSA) is 20.3 Å². The van der Waals surface area contributed by atoms with Crippen LogP contribution in [0.25, 0.3) is 0 Å². The van der Waals surface area contributed by atoms with E-state index in [0.717, 1.165) is 25.2 Å². The Kier molecular flexibility index (Phi) is 4.04. The number of halogens is 2. The van der Waals surface area contributed by atoms with Gasteiger partial charge in [0.15, 0.2) is 5.78 Å². The van der Waals surface area contributed by atoms with Crippen molar-refractivity contribution in [3.63, 3.8) is 0 Å². The van der Waals surface area contributed by atoms with Crippen LogP contribution in [-0.2, 0) is 6.54 Å². The number of hydrogen-bond donors (Lipinski definition) is 0. The van der Waals surface area contributed by atoms with E-state index in [1.165, 1.54) is 24.6 Å². The van der Waals surface area contributed by atoms with Gasteiger partial charge in [0, 0.05) is 17.7 Å². The van der Waals surface area contributed by atoms with Crippen molar-refractivity contribution in [3.8, 4) is 0 Å². The maximum absolute atomic E-state index is 13.2. The largest absolute Gasteiger partial charge is 0.299 e. The van der Waals surface area contributed by atoms with Crippen LogP contribution in [0.3, 0.4) is 0 Å². The Balaban J connectivity index is 1.91. The minimum atomic E-state index is -0.512. The molecule has 2 nitrogen and oxygen atoms in total. The van der Waals surface area contributed by atoms with Gasteiger partial charge >= 0.3 is 0 Å². The van der Waals surface area contributed by atoms with Gasteiger partial charge in [-0.3, -0.25) is 9.69 Å².